The fourth-order valence-corrected chi connectivity index (χ4v) is 5.59. The maximum absolute atomic E-state index is 6.56. The Bertz CT molecular complexity index is 666. The Balaban J connectivity index is 1.70. The zero-order valence-corrected chi connectivity index (χ0v) is 17.5. The summed E-state index contributed by atoms with van der Waals surface area (Å²) in [6, 6.07) is 22.4. The number of hydrogen-bond donors (Lipinski definition) is 0. The van der Waals surface area contributed by atoms with Gasteiger partial charge in [-0.15, -0.1) is 0 Å². The Morgan fingerprint density at radius 2 is 1.62 bits per heavy atom. The van der Waals surface area contributed by atoms with E-state index in [9.17, 15) is 0 Å². The second-order valence-corrected chi connectivity index (χ2v) is 14.3. The lowest BCUT2D eigenvalue weighted by Gasteiger charge is -2.26. The Morgan fingerprint density at radius 1 is 1.00 bits per heavy atom. The molecule has 1 aliphatic rings. The molecule has 0 N–H and O–H groups in total. The maximum Gasteiger partial charge on any atom is 0.0906 e. The van der Waals surface area contributed by atoms with Gasteiger partial charge in [0.15, 0.2) is 0 Å². The summed E-state index contributed by atoms with van der Waals surface area (Å²) >= 11 is 0. The van der Waals surface area contributed by atoms with E-state index in [1.807, 2.05) is 6.07 Å². The monoisotopic (exact) mass is 368 g/mol. The van der Waals surface area contributed by atoms with Crippen molar-refractivity contribution in [2.24, 2.45) is 0 Å². The van der Waals surface area contributed by atoms with Crippen LogP contribution in [0.25, 0.3) is 0 Å². The number of benzene rings is 2. The summed E-state index contributed by atoms with van der Waals surface area (Å²) in [6.45, 7) is 10.1. The second kappa shape index (κ2) is 8.51. The van der Waals surface area contributed by atoms with Crippen LogP contribution in [0.15, 0.2) is 60.7 Å². The molecule has 140 valence electrons. The van der Waals surface area contributed by atoms with Gasteiger partial charge in [-0.3, -0.25) is 0 Å². The van der Waals surface area contributed by atoms with Gasteiger partial charge in [-0.05, 0) is 30.5 Å². The third-order valence-electron chi connectivity index (χ3n) is 5.15. The summed E-state index contributed by atoms with van der Waals surface area (Å²) in [5.41, 5.74) is 2.60. The van der Waals surface area contributed by atoms with Crippen LogP contribution in [0.4, 0.5) is 0 Å². The smallest absolute Gasteiger partial charge is 0.0906 e. The maximum atomic E-state index is 6.56. The molecule has 26 heavy (non-hydrogen) atoms. The van der Waals surface area contributed by atoms with Crippen molar-refractivity contribution in [3.05, 3.63) is 71.8 Å². The van der Waals surface area contributed by atoms with Crippen molar-refractivity contribution in [3.63, 3.8) is 0 Å². The standard InChI is InChI=1S/C23H32O2Si/c1-18(24-16-19-11-7-5-8-12-19)23-22(20-13-9-6-10-14-20)15-21(25-23)17-26(2,3)4/h5-14,18,21-23H,15-17H2,1-4H3/t18?,21-,22+,23+/m0/s1. The summed E-state index contributed by atoms with van der Waals surface area (Å²) in [6.07, 6.45) is 1.67. The molecule has 0 aromatic heterocycles. The first-order chi connectivity index (χ1) is 12.4. The van der Waals surface area contributed by atoms with Crippen LogP contribution in [0.3, 0.4) is 0 Å². The molecule has 0 aliphatic carbocycles. The number of rotatable bonds is 7. The van der Waals surface area contributed by atoms with Gasteiger partial charge < -0.3 is 9.47 Å². The van der Waals surface area contributed by atoms with E-state index in [0.29, 0.717) is 18.6 Å². The zero-order valence-electron chi connectivity index (χ0n) is 16.5. The van der Waals surface area contributed by atoms with Gasteiger partial charge in [0.2, 0.25) is 0 Å². The van der Waals surface area contributed by atoms with Crippen molar-refractivity contribution in [2.75, 3.05) is 0 Å². The molecule has 2 aromatic rings. The summed E-state index contributed by atoms with van der Waals surface area (Å²) in [5, 5.41) is 0. The summed E-state index contributed by atoms with van der Waals surface area (Å²) in [4.78, 5) is 0. The van der Waals surface area contributed by atoms with Gasteiger partial charge in [0, 0.05) is 14.0 Å². The minimum absolute atomic E-state index is 0.0760. The van der Waals surface area contributed by atoms with Crippen LogP contribution in [-0.4, -0.2) is 26.4 Å². The zero-order chi connectivity index (χ0) is 18.6. The lowest BCUT2D eigenvalue weighted by Crippen LogP contribution is -2.32. The molecule has 1 saturated heterocycles. The molecule has 3 heteroatoms. The van der Waals surface area contributed by atoms with Gasteiger partial charge in [-0.2, -0.15) is 0 Å². The van der Waals surface area contributed by atoms with Crippen LogP contribution in [0.1, 0.15) is 30.4 Å². The van der Waals surface area contributed by atoms with Gasteiger partial charge >= 0.3 is 0 Å². The highest BCUT2D eigenvalue weighted by atomic mass is 28.3. The quantitative estimate of drug-likeness (QED) is 0.569. The first-order valence-corrected chi connectivity index (χ1v) is 13.5. The third kappa shape index (κ3) is 5.29. The summed E-state index contributed by atoms with van der Waals surface area (Å²) < 4.78 is 12.8. The van der Waals surface area contributed by atoms with Crippen molar-refractivity contribution in [2.45, 2.75) is 69.9 Å². The van der Waals surface area contributed by atoms with Gasteiger partial charge in [0.1, 0.15) is 0 Å². The van der Waals surface area contributed by atoms with E-state index in [-0.39, 0.29) is 12.2 Å². The Labute approximate surface area is 159 Å². The first-order valence-electron chi connectivity index (χ1n) is 9.78. The summed E-state index contributed by atoms with van der Waals surface area (Å²) in [5.74, 6) is 0.420. The Morgan fingerprint density at radius 3 is 2.23 bits per heavy atom. The van der Waals surface area contributed by atoms with Crippen LogP contribution in [-0.2, 0) is 16.1 Å². The minimum Gasteiger partial charge on any atom is -0.372 e. The van der Waals surface area contributed by atoms with E-state index < -0.39 is 8.07 Å². The largest absolute Gasteiger partial charge is 0.372 e. The fraction of sp³-hybridized carbons (Fsp3) is 0.478. The van der Waals surface area contributed by atoms with Gasteiger partial charge in [0.05, 0.1) is 24.9 Å². The molecule has 1 unspecified atom stereocenters. The highest BCUT2D eigenvalue weighted by Gasteiger charge is 2.41. The highest BCUT2D eigenvalue weighted by Crippen LogP contribution is 2.40. The molecule has 2 nitrogen and oxygen atoms in total. The molecule has 0 saturated carbocycles. The lowest BCUT2D eigenvalue weighted by atomic mass is 9.89. The van der Waals surface area contributed by atoms with E-state index in [1.54, 1.807) is 0 Å². The average Bonchev–Trinajstić information content (AvgIpc) is 3.03. The van der Waals surface area contributed by atoms with E-state index >= 15 is 0 Å². The van der Waals surface area contributed by atoms with E-state index in [1.165, 1.54) is 17.2 Å². The predicted octanol–water partition coefficient (Wildman–Crippen LogP) is 5.87. The van der Waals surface area contributed by atoms with Crippen molar-refractivity contribution >= 4 is 8.07 Å². The molecule has 4 atom stereocenters. The second-order valence-electron chi connectivity index (χ2n) is 8.74. The molecule has 0 amide bonds. The molecule has 2 aromatic carbocycles. The van der Waals surface area contributed by atoms with Gasteiger partial charge in [0.25, 0.3) is 0 Å². The fourth-order valence-electron chi connectivity index (χ4n) is 3.96. The third-order valence-corrected chi connectivity index (χ3v) is 6.83. The van der Waals surface area contributed by atoms with Crippen molar-refractivity contribution in [1.82, 2.24) is 0 Å². The predicted molar refractivity (Wildman–Crippen MR) is 111 cm³/mol. The first kappa shape index (κ1) is 19.3. The van der Waals surface area contributed by atoms with E-state index in [4.69, 9.17) is 9.47 Å². The lowest BCUT2D eigenvalue weighted by molar-refractivity contribution is -0.0675. The average molecular weight is 369 g/mol. The van der Waals surface area contributed by atoms with E-state index in [0.717, 1.165) is 6.42 Å². The Hall–Kier alpha value is -1.42. The molecule has 1 aliphatic heterocycles. The van der Waals surface area contributed by atoms with Crippen molar-refractivity contribution < 1.29 is 9.47 Å². The van der Waals surface area contributed by atoms with E-state index in [2.05, 4.69) is 81.2 Å². The molecule has 0 radical (unpaired) electrons. The number of ether oxygens (including phenoxy) is 2. The molecule has 3 rings (SSSR count). The van der Waals surface area contributed by atoms with Gasteiger partial charge in [-0.25, -0.2) is 0 Å². The van der Waals surface area contributed by atoms with Crippen molar-refractivity contribution in [3.8, 4) is 0 Å². The van der Waals surface area contributed by atoms with Gasteiger partial charge in [-0.1, -0.05) is 80.3 Å². The number of hydrogen-bond acceptors (Lipinski definition) is 2. The molecular formula is C23H32O2Si. The van der Waals surface area contributed by atoms with Crippen LogP contribution < -0.4 is 0 Å². The molecular weight excluding hydrogens is 336 g/mol. The topological polar surface area (TPSA) is 18.5 Å². The molecule has 0 spiro atoms. The molecule has 1 fully saturated rings. The Kier molecular flexibility index (Phi) is 6.33. The molecule has 0 bridgehead atoms. The van der Waals surface area contributed by atoms with Crippen molar-refractivity contribution in [1.29, 1.82) is 0 Å². The SMILES string of the molecule is CC(OCc1ccccc1)[C@H]1O[C@H](C[Si](C)(C)C)C[C@@H]1c1ccccc1. The highest BCUT2D eigenvalue weighted by molar-refractivity contribution is 6.76. The normalized spacial score (nSPS) is 24.5. The van der Waals surface area contributed by atoms with Crippen LogP contribution in [0, 0.1) is 0 Å². The summed E-state index contributed by atoms with van der Waals surface area (Å²) in [7, 11) is -1.15. The minimum atomic E-state index is -1.15. The van der Waals surface area contributed by atoms with Crippen LogP contribution in [0.5, 0.6) is 0 Å². The van der Waals surface area contributed by atoms with Crippen LogP contribution >= 0.6 is 0 Å². The molecule has 1 heterocycles. The van der Waals surface area contributed by atoms with Crippen LogP contribution in [0.2, 0.25) is 25.7 Å².